The van der Waals surface area contributed by atoms with Crippen LogP contribution in [0.2, 0.25) is 0 Å². The van der Waals surface area contributed by atoms with Crippen LogP contribution in [0.1, 0.15) is 34.5 Å². The predicted molar refractivity (Wildman–Crippen MR) is 103 cm³/mol. The predicted octanol–water partition coefficient (Wildman–Crippen LogP) is 3.01. The average molecular weight is 372 g/mol. The molecule has 2 N–H and O–H groups in total. The van der Waals surface area contributed by atoms with Crippen LogP contribution in [0.4, 0.5) is 0 Å². The first kappa shape index (κ1) is 18.5. The number of carbonyl (C=O) groups excluding carboxylic acids is 2. The summed E-state index contributed by atoms with van der Waals surface area (Å²) in [5, 5.41) is 8.09. The van der Waals surface area contributed by atoms with Gasteiger partial charge in [0.1, 0.15) is 5.75 Å². The number of carbonyl (C=O) groups is 2. The summed E-state index contributed by atoms with van der Waals surface area (Å²) in [6.45, 7) is 0.634. The topological polar surface area (TPSA) is 67.4 Å². The van der Waals surface area contributed by atoms with Gasteiger partial charge < -0.3 is 15.4 Å². The first-order chi connectivity index (χ1) is 12.7. The second-order valence-electron chi connectivity index (χ2n) is 6.47. The van der Waals surface area contributed by atoms with Gasteiger partial charge in [0.05, 0.1) is 13.0 Å². The molecule has 5 nitrogen and oxygen atoms in total. The lowest BCUT2D eigenvalue weighted by Crippen LogP contribution is -2.44. The summed E-state index contributed by atoms with van der Waals surface area (Å²) in [5.41, 5.74) is 0.578. The van der Waals surface area contributed by atoms with Gasteiger partial charge in [-0.05, 0) is 55.0 Å². The molecule has 2 aromatic rings. The van der Waals surface area contributed by atoms with Crippen molar-refractivity contribution in [2.75, 3.05) is 13.7 Å². The number of hydrogen-bond donors (Lipinski definition) is 2. The Bertz CT molecular complexity index is 728. The SMILES string of the molecule is COc1ccc(C(=O)N[C@@H]2CCC[C@@H]2C(=O)NCCc2cccs2)cc1. The molecule has 0 bridgehead atoms. The minimum atomic E-state index is -0.152. The van der Waals surface area contributed by atoms with E-state index in [0.717, 1.165) is 25.7 Å². The fourth-order valence-electron chi connectivity index (χ4n) is 3.34. The van der Waals surface area contributed by atoms with Crippen LogP contribution in [-0.4, -0.2) is 31.5 Å². The molecule has 2 amide bonds. The van der Waals surface area contributed by atoms with E-state index in [1.807, 2.05) is 11.4 Å². The van der Waals surface area contributed by atoms with Crippen molar-refractivity contribution in [2.24, 2.45) is 5.92 Å². The second kappa shape index (κ2) is 8.85. The molecular formula is C20H24N2O3S. The standard InChI is InChI=1S/C20H24N2O3S/c1-25-15-9-7-14(8-10-15)19(23)22-18-6-2-5-17(18)20(24)21-12-11-16-4-3-13-26-16/h3-4,7-10,13,17-18H,2,5-6,11-12H2,1H3,(H,21,24)(H,22,23)/t17-,18+/m0/s1. The van der Waals surface area contributed by atoms with E-state index >= 15 is 0 Å². The Morgan fingerprint density at radius 3 is 2.69 bits per heavy atom. The quantitative estimate of drug-likeness (QED) is 0.785. The molecule has 1 saturated carbocycles. The van der Waals surface area contributed by atoms with Crippen LogP contribution in [0.25, 0.3) is 0 Å². The van der Waals surface area contributed by atoms with Crippen molar-refractivity contribution in [3.63, 3.8) is 0 Å². The highest BCUT2D eigenvalue weighted by atomic mass is 32.1. The Morgan fingerprint density at radius 1 is 1.19 bits per heavy atom. The first-order valence-corrected chi connectivity index (χ1v) is 9.80. The Morgan fingerprint density at radius 2 is 2.00 bits per heavy atom. The number of amides is 2. The second-order valence-corrected chi connectivity index (χ2v) is 7.50. The van der Waals surface area contributed by atoms with Gasteiger partial charge in [0.2, 0.25) is 5.91 Å². The molecule has 2 atom stereocenters. The summed E-state index contributed by atoms with van der Waals surface area (Å²) >= 11 is 1.70. The lowest BCUT2D eigenvalue weighted by Gasteiger charge is -2.20. The summed E-state index contributed by atoms with van der Waals surface area (Å²) < 4.78 is 5.11. The zero-order valence-corrected chi connectivity index (χ0v) is 15.7. The molecular weight excluding hydrogens is 348 g/mol. The maximum atomic E-state index is 12.5. The fraction of sp³-hybridized carbons (Fsp3) is 0.400. The van der Waals surface area contributed by atoms with Crippen molar-refractivity contribution in [2.45, 2.75) is 31.7 Å². The summed E-state index contributed by atoms with van der Waals surface area (Å²) in [6, 6.07) is 11.0. The van der Waals surface area contributed by atoms with Crippen LogP contribution in [0.5, 0.6) is 5.75 Å². The van der Waals surface area contributed by atoms with Crippen LogP contribution in [-0.2, 0) is 11.2 Å². The van der Waals surface area contributed by atoms with Crippen molar-refractivity contribution in [1.82, 2.24) is 10.6 Å². The Balaban J connectivity index is 1.51. The molecule has 0 aliphatic heterocycles. The molecule has 1 fully saturated rings. The summed E-state index contributed by atoms with van der Waals surface area (Å²) in [5.74, 6) is 0.459. The number of benzene rings is 1. The third-order valence-corrected chi connectivity index (χ3v) is 5.71. The Hall–Kier alpha value is -2.34. The van der Waals surface area contributed by atoms with E-state index in [-0.39, 0.29) is 23.8 Å². The average Bonchev–Trinajstić information content (AvgIpc) is 3.33. The van der Waals surface area contributed by atoms with Crippen LogP contribution >= 0.6 is 11.3 Å². The van der Waals surface area contributed by atoms with Gasteiger partial charge in [0.25, 0.3) is 5.91 Å². The smallest absolute Gasteiger partial charge is 0.251 e. The first-order valence-electron chi connectivity index (χ1n) is 8.92. The van der Waals surface area contributed by atoms with Crippen molar-refractivity contribution < 1.29 is 14.3 Å². The number of methoxy groups -OCH3 is 1. The minimum absolute atomic E-state index is 0.0408. The third-order valence-electron chi connectivity index (χ3n) is 4.77. The minimum Gasteiger partial charge on any atom is -0.497 e. The molecule has 1 aromatic heterocycles. The monoisotopic (exact) mass is 372 g/mol. The summed E-state index contributed by atoms with van der Waals surface area (Å²) in [6.07, 6.45) is 3.46. The van der Waals surface area contributed by atoms with Gasteiger partial charge in [-0.2, -0.15) is 0 Å². The molecule has 0 saturated heterocycles. The zero-order chi connectivity index (χ0) is 18.4. The molecule has 138 valence electrons. The fourth-order valence-corrected chi connectivity index (χ4v) is 4.04. The normalized spacial score (nSPS) is 19.1. The zero-order valence-electron chi connectivity index (χ0n) is 14.9. The molecule has 0 unspecified atom stereocenters. The van der Waals surface area contributed by atoms with E-state index in [0.29, 0.717) is 17.9 Å². The highest BCUT2D eigenvalue weighted by Crippen LogP contribution is 2.26. The van der Waals surface area contributed by atoms with E-state index in [1.54, 1.807) is 42.7 Å². The van der Waals surface area contributed by atoms with Gasteiger partial charge >= 0.3 is 0 Å². The van der Waals surface area contributed by atoms with Gasteiger partial charge in [-0.25, -0.2) is 0 Å². The molecule has 3 rings (SSSR count). The summed E-state index contributed by atoms with van der Waals surface area (Å²) in [4.78, 5) is 26.2. The number of nitrogens with one attached hydrogen (secondary N) is 2. The number of thiophene rings is 1. The van der Waals surface area contributed by atoms with Gasteiger partial charge in [0, 0.05) is 23.0 Å². The molecule has 6 heteroatoms. The molecule has 1 aliphatic carbocycles. The van der Waals surface area contributed by atoms with Crippen LogP contribution in [0, 0.1) is 5.92 Å². The van der Waals surface area contributed by atoms with Gasteiger partial charge in [-0.15, -0.1) is 11.3 Å². The highest BCUT2D eigenvalue weighted by Gasteiger charge is 2.33. The van der Waals surface area contributed by atoms with Gasteiger partial charge in [0.15, 0.2) is 0 Å². The lowest BCUT2D eigenvalue weighted by atomic mass is 10.0. The van der Waals surface area contributed by atoms with Crippen LogP contribution in [0.3, 0.4) is 0 Å². The molecule has 26 heavy (non-hydrogen) atoms. The van der Waals surface area contributed by atoms with Crippen molar-refractivity contribution in [3.05, 3.63) is 52.2 Å². The van der Waals surface area contributed by atoms with E-state index in [1.165, 1.54) is 4.88 Å². The largest absolute Gasteiger partial charge is 0.497 e. The Kier molecular flexibility index (Phi) is 6.28. The van der Waals surface area contributed by atoms with Gasteiger partial charge in [-0.1, -0.05) is 12.5 Å². The van der Waals surface area contributed by atoms with Crippen LogP contribution < -0.4 is 15.4 Å². The van der Waals surface area contributed by atoms with E-state index < -0.39 is 0 Å². The van der Waals surface area contributed by atoms with E-state index in [9.17, 15) is 9.59 Å². The number of ether oxygens (including phenoxy) is 1. The highest BCUT2D eigenvalue weighted by molar-refractivity contribution is 7.09. The third kappa shape index (κ3) is 4.64. The number of rotatable bonds is 7. The molecule has 0 spiro atoms. The van der Waals surface area contributed by atoms with Crippen LogP contribution in [0.15, 0.2) is 41.8 Å². The maximum Gasteiger partial charge on any atom is 0.251 e. The van der Waals surface area contributed by atoms with Crippen molar-refractivity contribution in [3.8, 4) is 5.75 Å². The maximum absolute atomic E-state index is 12.5. The molecule has 1 aliphatic rings. The lowest BCUT2D eigenvalue weighted by molar-refractivity contribution is -0.125. The Labute approximate surface area is 157 Å². The number of hydrogen-bond acceptors (Lipinski definition) is 4. The molecule has 0 radical (unpaired) electrons. The van der Waals surface area contributed by atoms with E-state index in [4.69, 9.17) is 4.74 Å². The van der Waals surface area contributed by atoms with Gasteiger partial charge in [-0.3, -0.25) is 9.59 Å². The van der Waals surface area contributed by atoms with Crippen molar-refractivity contribution in [1.29, 1.82) is 0 Å². The van der Waals surface area contributed by atoms with E-state index in [2.05, 4.69) is 16.7 Å². The molecule has 1 heterocycles. The molecule has 1 aromatic carbocycles. The van der Waals surface area contributed by atoms with Crippen molar-refractivity contribution >= 4 is 23.2 Å². The summed E-state index contributed by atoms with van der Waals surface area (Å²) in [7, 11) is 1.59.